The van der Waals surface area contributed by atoms with Crippen molar-refractivity contribution in [2.24, 2.45) is 0 Å². The molecule has 0 radical (unpaired) electrons. The van der Waals surface area contributed by atoms with E-state index in [2.05, 4.69) is 57.2 Å². The highest BCUT2D eigenvalue weighted by Crippen LogP contribution is 2.34. The Labute approximate surface area is 111 Å². The van der Waals surface area contributed by atoms with Gasteiger partial charge in [-0.25, -0.2) is 0 Å². The van der Waals surface area contributed by atoms with Gasteiger partial charge in [0.25, 0.3) is 0 Å². The second-order valence-corrected chi connectivity index (χ2v) is 5.74. The van der Waals surface area contributed by atoms with E-state index in [-0.39, 0.29) is 0 Å². The molecule has 0 unspecified atom stereocenters. The van der Waals surface area contributed by atoms with Gasteiger partial charge in [0.1, 0.15) is 0 Å². The summed E-state index contributed by atoms with van der Waals surface area (Å²) in [6, 6.07) is 10.7. The van der Waals surface area contributed by atoms with Crippen LogP contribution in [-0.4, -0.2) is 18.0 Å². The third kappa shape index (κ3) is 2.38. The zero-order valence-corrected chi connectivity index (χ0v) is 11.4. The lowest BCUT2D eigenvalue weighted by Gasteiger charge is -2.13. The summed E-state index contributed by atoms with van der Waals surface area (Å²) in [6.07, 6.45) is 4.78. The van der Waals surface area contributed by atoms with Crippen LogP contribution in [0, 0.1) is 0 Å². The smallest absolute Gasteiger partial charge is 0.0251 e. The van der Waals surface area contributed by atoms with E-state index in [1.807, 2.05) is 0 Å². The largest absolute Gasteiger partial charge is 0.291 e. The molecular weight excluding hydrogens is 274 g/mol. The van der Waals surface area contributed by atoms with Crippen LogP contribution in [0.25, 0.3) is 0 Å². The molecule has 1 fully saturated rings. The normalized spacial score (nSPS) is 20.4. The molecule has 0 saturated carbocycles. The fourth-order valence-electron chi connectivity index (χ4n) is 2.64. The van der Waals surface area contributed by atoms with Crippen molar-refractivity contribution < 1.29 is 0 Å². The first-order valence-electron chi connectivity index (χ1n) is 6.16. The van der Waals surface area contributed by atoms with E-state index in [9.17, 15) is 0 Å². The molecule has 0 N–H and O–H groups in total. The highest BCUT2D eigenvalue weighted by Gasteiger charge is 2.25. The van der Waals surface area contributed by atoms with E-state index in [4.69, 9.17) is 0 Å². The molecule has 17 heavy (non-hydrogen) atoms. The molecule has 0 aromatic heterocycles. The summed E-state index contributed by atoms with van der Waals surface area (Å²) in [7, 11) is 0. The van der Waals surface area contributed by atoms with Crippen LogP contribution in [0.5, 0.6) is 0 Å². The molecule has 1 aliphatic carbocycles. The number of allylic oxidation sites excluding steroid dienone is 2. The van der Waals surface area contributed by atoms with Gasteiger partial charge in [-0.15, -0.1) is 0 Å². The molecular formula is C15H16BrN. The molecule has 0 atom stereocenters. The lowest BCUT2D eigenvalue weighted by Crippen LogP contribution is -2.18. The lowest BCUT2D eigenvalue weighted by molar-refractivity contribution is 0.347. The Morgan fingerprint density at radius 3 is 2.71 bits per heavy atom. The SMILES string of the molecule is BrC1=C2CN(Cc3ccccc3)CC2=CCC1. The third-order valence-electron chi connectivity index (χ3n) is 3.49. The number of hydrogen-bond donors (Lipinski definition) is 0. The predicted molar refractivity (Wildman–Crippen MR) is 75.0 cm³/mol. The van der Waals surface area contributed by atoms with Gasteiger partial charge in [0.15, 0.2) is 0 Å². The third-order valence-corrected chi connectivity index (χ3v) is 4.37. The molecule has 88 valence electrons. The monoisotopic (exact) mass is 289 g/mol. The van der Waals surface area contributed by atoms with Crippen molar-refractivity contribution in [1.29, 1.82) is 0 Å². The van der Waals surface area contributed by atoms with E-state index in [1.54, 1.807) is 5.57 Å². The quantitative estimate of drug-likeness (QED) is 0.799. The van der Waals surface area contributed by atoms with E-state index < -0.39 is 0 Å². The summed E-state index contributed by atoms with van der Waals surface area (Å²) < 4.78 is 1.42. The summed E-state index contributed by atoms with van der Waals surface area (Å²) in [4.78, 5) is 2.52. The standard InChI is InChI=1S/C15H16BrN/c16-15-8-4-7-13-10-17(11-14(13)15)9-12-5-2-1-3-6-12/h1-3,5-7H,4,8-11H2. The average Bonchev–Trinajstić information content (AvgIpc) is 2.74. The molecule has 0 spiro atoms. The maximum atomic E-state index is 3.72. The summed E-state index contributed by atoms with van der Waals surface area (Å²) in [5.74, 6) is 0. The fraction of sp³-hybridized carbons (Fsp3) is 0.333. The topological polar surface area (TPSA) is 3.24 Å². The molecule has 1 heterocycles. The van der Waals surface area contributed by atoms with Crippen molar-refractivity contribution >= 4 is 15.9 Å². The zero-order chi connectivity index (χ0) is 11.7. The van der Waals surface area contributed by atoms with Gasteiger partial charge < -0.3 is 0 Å². The Balaban J connectivity index is 1.75. The van der Waals surface area contributed by atoms with Crippen molar-refractivity contribution in [3.05, 3.63) is 57.6 Å². The minimum Gasteiger partial charge on any atom is -0.291 e. The van der Waals surface area contributed by atoms with Crippen molar-refractivity contribution in [3.8, 4) is 0 Å². The second-order valence-electron chi connectivity index (χ2n) is 4.78. The Kier molecular flexibility index (Phi) is 3.17. The molecule has 1 aromatic carbocycles. The first-order valence-corrected chi connectivity index (χ1v) is 6.95. The van der Waals surface area contributed by atoms with Crippen LogP contribution in [0.15, 0.2) is 52.0 Å². The van der Waals surface area contributed by atoms with Crippen LogP contribution in [0.4, 0.5) is 0 Å². The van der Waals surface area contributed by atoms with Crippen molar-refractivity contribution in [1.82, 2.24) is 4.90 Å². The summed E-state index contributed by atoms with van der Waals surface area (Å²) in [6.45, 7) is 3.27. The van der Waals surface area contributed by atoms with E-state index in [0.29, 0.717) is 0 Å². The Bertz CT molecular complexity index is 473. The van der Waals surface area contributed by atoms with Crippen LogP contribution in [-0.2, 0) is 6.54 Å². The number of fused-ring (bicyclic) bond motifs is 1. The van der Waals surface area contributed by atoms with Crippen molar-refractivity contribution in [2.45, 2.75) is 19.4 Å². The first-order chi connectivity index (χ1) is 8.33. The van der Waals surface area contributed by atoms with E-state index >= 15 is 0 Å². The highest BCUT2D eigenvalue weighted by atomic mass is 79.9. The van der Waals surface area contributed by atoms with Crippen LogP contribution in [0.1, 0.15) is 18.4 Å². The number of likely N-dealkylation sites (tertiary alicyclic amines) is 1. The van der Waals surface area contributed by atoms with Gasteiger partial charge in [-0.05, 0) is 29.6 Å². The van der Waals surface area contributed by atoms with Crippen LogP contribution >= 0.6 is 15.9 Å². The molecule has 0 bridgehead atoms. The summed E-state index contributed by atoms with van der Waals surface area (Å²) >= 11 is 3.72. The van der Waals surface area contributed by atoms with Gasteiger partial charge in [0.05, 0.1) is 0 Å². The first kappa shape index (κ1) is 11.2. The van der Waals surface area contributed by atoms with Crippen molar-refractivity contribution in [2.75, 3.05) is 13.1 Å². The van der Waals surface area contributed by atoms with Gasteiger partial charge in [-0.2, -0.15) is 0 Å². The molecule has 1 nitrogen and oxygen atoms in total. The van der Waals surface area contributed by atoms with Gasteiger partial charge in [0.2, 0.25) is 0 Å². The fourth-order valence-corrected chi connectivity index (χ4v) is 3.25. The Morgan fingerprint density at radius 2 is 1.94 bits per heavy atom. The van der Waals surface area contributed by atoms with Gasteiger partial charge >= 0.3 is 0 Å². The van der Waals surface area contributed by atoms with Crippen molar-refractivity contribution in [3.63, 3.8) is 0 Å². The second kappa shape index (κ2) is 4.79. The van der Waals surface area contributed by atoms with Crippen LogP contribution < -0.4 is 0 Å². The molecule has 1 aliphatic heterocycles. The number of rotatable bonds is 2. The molecule has 1 aromatic rings. The minimum atomic E-state index is 1.06. The summed E-state index contributed by atoms with van der Waals surface area (Å²) in [5, 5.41) is 0. The molecule has 3 rings (SSSR count). The lowest BCUT2D eigenvalue weighted by atomic mass is 10.0. The Morgan fingerprint density at radius 1 is 1.12 bits per heavy atom. The van der Waals surface area contributed by atoms with Gasteiger partial charge in [0, 0.05) is 24.1 Å². The predicted octanol–water partition coefficient (Wildman–Crippen LogP) is 3.87. The maximum absolute atomic E-state index is 3.72. The van der Waals surface area contributed by atoms with E-state index in [0.717, 1.165) is 19.6 Å². The van der Waals surface area contributed by atoms with E-state index in [1.165, 1.54) is 28.5 Å². The van der Waals surface area contributed by atoms with Gasteiger partial charge in [-0.3, -0.25) is 4.90 Å². The maximum Gasteiger partial charge on any atom is 0.0251 e. The number of halogens is 1. The molecule has 2 aliphatic rings. The van der Waals surface area contributed by atoms with Crippen LogP contribution in [0.3, 0.4) is 0 Å². The molecule has 1 saturated heterocycles. The number of benzene rings is 1. The van der Waals surface area contributed by atoms with Gasteiger partial charge in [-0.1, -0.05) is 52.3 Å². The number of hydrogen-bond acceptors (Lipinski definition) is 1. The van der Waals surface area contributed by atoms with Crippen LogP contribution in [0.2, 0.25) is 0 Å². The summed E-state index contributed by atoms with van der Waals surface area (Å²) in [5.41, 5.74) is 4.48. The molecule has 2 heteroatoms. The highest BCUT2D eigenvalue weighted by molar-refractivity contribution is 9.11. The minimum absolute atomic E-state index is 1.06. The molecule has 0 amide bonds. The average molecular weight is 290 g/mol. The number of nitrogens with zero attached hydrogens (tertiary/aromatic N) is 1. The zero-order valence-electron chi connectivity index (χ0n) is 9.82. The Hall–Kier alpha value is -0.860.